The van der Waals surface area contributed by atoms with Crippen LogP contribution in [0.1, 0.15) is 12.6 Å². The monoisotopic (exact) mass is 267 g/mol. The van der Waals surface area contributed by atoms with Crippen LogP contribution < -0.4 is 5.32 Å². The van der Waals surface area contributed by atoms with E-state index >= 15 is 0 Å². The minimum Gasteiger partial charge on any atom is -0.311 e. The molecule has 0 aliphatic carbocycles. The molecule has 1 N–H and O–H groups in total. The summed E-state index contributed by atoms with van der Waals surface area (Å²) in [5.74, 6) is 0.444. The summed E-state index contributed by atoms with van der Waals surface area (Å²) in [6.45, 7) is 3.46. The Morgan fingerprint density at radius 1 is 1.53 bits per heavy atom. The molecule has 0 atom stereocenters. The van der Waals surface area contributed by atoms with Crippen LogP contribution in [0.2, 0.25) is 0 Å². The maximum Gasteiger partial charge on any atom is 0.222 e. The number of halogens is 1. The molecule has 2 aromatic heterocycles. The second-order valence-corrected chi connectivity index (χ2v) is 4.20. The first-order valence-electron chi connectivity index (χ1n) is 4.49. The summed E-state index contributed by atoms with van der Waals surface area (Å²) in [5, 5.41) is 2.65. The number of carbonyl (C=O) groups is 1. The molecule has 0 aliphatic heterocycles. The fraction of sp³-hybridized carbons (Fsp3) is 0.200. The quantitative estimate of drug-likeness (QED) is 0.863. The predicted molar refractivity (Wildman–Crippen MR) is 61.9 cm³/mol. The molecule has 78 valence electrons. The largest absolute Gasteiger partial charge is 0.311 e. The van der Waals surface area contributed by atoms with Crippen LogP contribution in [0.3, 0.4) is 0 Å². The van der Waals surface area contributed by atoms with Gasteiger partial charge in [-0.1, -0.05) is 0 Å². The third-order valence-corrected chi connectivity index (χ3v) is 2.74. The van der Waals surface area contributed by atoms with Gasteiger partial charge in [0.2, 0.25) is 5.91 Å². The van der Waals surface area contributed by atoms with Crippen LogP contribution in [0.15, 0.2) is 22.9 Å². The topological polar surface area (TPSA) is 46.4 Å². The molecular formula is C10H10BrN3O. The van der Waals surface area contributed by atoms with Crippen LogP contribution >= 0.6 is 15.9 Å². The Labute approximate surface area is 95.4 Å². The highest BCUT2D eigenvalue weighted by Gasteiger charge is 2.05. The van der Waals surface area contributed by atoms with Crippen molar-refractivity contribution < 1.29 is 4.79 Å². The zero-order chi connectivity index (χ0) is 11.0. The standard InChI is InChI=1S/C10H10BrN3O/c1-6-3-8(11)9-4-10(13-7(2)15)12-5-14(6)9/h3-5H,1-2H3,(H,13,15). The van der Waals surface area contributed by atoms with E-state index in [1.54, 1.807) is 6.33 Å². The summed E-state index contributed by atoms with van der Waals surface area (Å²) in [7, 11) is 0. The molecule has 0 fully saturated rings. The van der Waals surface area contributed by atoms with E-state index in [0.29, 0.717) is 5.82 Å². The molecule has 0 spiro atoms. The van der Waals surface area contributed by atoms with Gasteiger partial charge in [0.05, 0.1) is 5.52 Å². The summed E-state index contributed by atoms with van der Waals surface area (Å²) in [6.07, 6.45) is 1.70. The van der Waals surface area contributed by atoms with E-state index in [0.717, 1.165) is 15.7 Å². The van der Waals surface area contributed by atoms with Crippen LogP contribution in [0.5, 0.6) is 0 Å². The van der Waals surface area contributed by atoms with E-state index in [9.17, 15) is 4.79 Å². The summed E-state index contributed by atoms with van der Waals surface area (Å²) in [5.41, 5.74) is 2.09. The van der Waals surface area contributed by atoms with Crippen molar-refractivity contribution in [2.45, 2.75) is 13.8 Å². The molecule has 0 saturated carbocycles. The van der Waals surface area contributed by atoms with E-state index in [-0.39, 0.29) is 5.91 Å². The third kappa shape index (κ3) is 1.87. The third-order valence-electron chi connectivity index (χ3n) is 2.11. The Morgan fingerprint density at radius 2 is 2.27 bits per heavy atom. The smallest absolute Gasteiger partial charge is 0.222 e. The average molecular weight is 268 g/mol. The van der Waals surface area contributed by atoms with Crippen LogP contribution in [-0.2, 0) is 4.79 Å². The highest BCUT2D eigenvalue weighted by molar-refractivity contribution is 9.10. The number of hydrogen-bond acceptors (Lipinski definition) is 2. The minimum absolute atomic E-state index is 0.119. The number of nitrogens with zero attached hydrogens (tertiary/aromatic N) is 2. The lowest BCUT2D eigenvalue weighted by Gasteiger charge is -2.02. The number of nitrogens with one attached hydrogen (secondary N) is 1. The first-order chi connectivity index (χ1) is 7.08. The molecule has 0 bridgehead atoms. The second kappa shape index (κ2) is 3.66. The zero-order valence-corrected chi connectivity index (χ0v) is 10.00. The van der Waals surface area contributed by atoms with Crippen molar-refractivity contribution in [3.8, 4) is 0 Å². The number of hydrogen-bond donors (Lipinski definition) is 1. The molecule has 0 unspecified atom stereocenters. The van der Waals surface area contributed by atoms with Crippen molar-refractivity contribution in [2.75, 3.05) is 5.32 Å². The normalized spacial score (nSPS) is 10.6. The summed E-state index contributed by atoms with van der Waals surface area (Å²) in [6, 6.07) is 3.84. The van der Waals surface area contributed by atoms with Gasteiger partial charge in [-0.2, -0.15) is 0 Å². The van der Waals surface area contributed by atoms with E-state index in [1.807, 2.05) is 23.5 Å². The van der Waals surface area contributed by atoms with Crippen LogP contribution in [0, 0.1) is 6.92 Å². The Morgan fingerprint density at radius 3 is 2.93 bits per heavy atom. The van der Waals surface area contributed by atoms with Crippen LogP contribution in [0.25, 0.3) is 5.52 Å². The Balaban J connectivity index is 2.55. The highest BCUT2D eigenvalue weighted by Crippen LogP contribution is 2.23. The number of carbonyl (C=O) groups excluding carboxylic acids is 1. The molecule has 2 heterocycles. The number of aromatic nitrogens is 2. The molecule has 5 heteroatoms. The van der Waals surface area contributed by atoms with Gasteiger partial charge in [-0.25, -0.2) is 4.98 Å². The van der Waals surface area contributed by atoms with E-state index in [2.05, 4.69) is 26.2 Å². The van der Waals surface area contributed by atoms with Crippen molar-refractivity contribution in [2.24, 2.45) is 0 Å². The SMILES string of the molecule is CC(=O)Nc1cc2c(Br)cc(C)n2cn1. The molecule has 1 amide bonds. The van der Waals surface area contributed by atoms with E-state index in [1.165, 1.54) is 6.92 Å². The van der Waals surface area contributed by atoms with Crippen molar-refractivity contribution in [3.63, 3.8) is 0 Å². The molecule has 4 nitrogen and oxygen atoms in total. The van der Waals surface area contributed by atoms with Crippen molar-refractivity contribution in [3.05, 3.63) is 28.6 Å². The summed E-state index contributed by atoms with van der Waals surface area (Å²) >= 11 is 3.46. The van der Waals surface area contributed by atoms with Gasteiger partial charge >= 0.3 is 0 Å². The molecular weight excluding hydrogens is 258 g/mol. The van der Waals surface area contributed by atoms with Gasteiger partial charge in [0.15, 0.2) is 0 Å². The van der Waals surface area contributed by atoms with Gasteiger partial charge in [-0.15, -0.1) is 0 Å². The molecule has 0 aromatic carbocycles. The minimum atomic E-state index is -0.119. The Hall–Kier alpha value is -1.36. The summed E-state index contributed by atoms with van der Waals surface area (Å²) < 4.78 is 2.95. The maximum atomic E-state index is 10.9. The van der Waals surface area contributed by atoms with Crippen LogP contribution in [0.4, 0.5) is 5.82 Å². The van der Waals surface area contributed by atoms with Gasteiger partial charge in [0.1, 0.15) is 12.1 Å². The molecule has 0 saturated heterocycles. The lowest BCUT2D eigenvalue weighted by Crippen LogP contribution is -2.07. The molecule has 0 aliphatic rings. The highest BCUT2D eigenvalue weighted by atomic mass is 79.9. The summed E-state index contributed by atoms with van der Waals surface area (Å²) in [4.78, 5) is 15.0. The lowest BCUT2D eigenvalue weighted by atomic mass is 10.4. The van der Waals surface area contributed by atoms with Gasteiger partial charge in [0.25, 0.3) is 0 Å². The van der Waals surface area contributed by atoms with Gasteiger partial charge in [-0.05, 0) is 28.9 Å². The predicted octanol–water partition coefficient (Wildman–Crippen LogP) is 2.36. The van der Waals surface area contributed by atoms with Crippen molar-refractivity contribution in [1.29, 1.82) is 0 Å². The van der Waals surface area contributed by atoms with Gasteiger partial charge < -0.3 is 9.72 Å². The Bertz CT molecular complexity index is 533. The van der Waals surface area contributed by atoms with Crippen molar-refractivity contribution in [1.82, 2.24) is 9.38 Å². The van der Waals surface area contributed by atoms with Gasteiger partial charge in [0, 0.05) is 23.2 Å². The number of anilines is 1. The molecule has 2 rings (SSSR count). The number of rotatable bonds is 1. The number of aryl methyl sites for hydroxylation is 1. The number of amides is 1. The molecule has 2 aromatic rings. The van der Waals surface area contributed by atoms with E-state index < -0.39 is 0 Å². The second-order valence-electron chi connectivity index (χ2n) is 3.34. The van der Waals surface area contributed by atoms with Crippen molar-refractivity contribution >= 4 is 33.2 Å². The number of fused-ring (bicyclic) bond motifs is 1. The molecule has 15 heavy (non-hydrogen) atoms. The molecule has 0 radical (unpaired) electrons. The van der Waals surface area contributed by atoms with Gasteiger partial charge in [-0.3, -0.25) is 4.79 Å². The lowest BCUT2D eigenvalue weighted by molar-refractivity contribution is -0.114. The average Bonchev–Trinajstić information content (AvgIpc) is 2.41. The van der Waals surface area contributed by atoms with Crippen LogP contribution in [-0.4, -0.2) is 15.3 Å². The first kappa shape index (κ1) is 10.2. The zero-order valence-electron chi connectivity index (χ0n) is 8.41. The fourth-order valence-corrected chi connectivity index (χ4v) is 2.10. The van der Waals surface area contributed by atoms with E-state index in [4.69, 9.17) is 0 Å². The Kier molecular flexibility index (Phi) is 2.48. The first-order valence-corrected chi connectivity index (χ1v) is 5.28. The maximum absolute atomic E-state index is 10.9. The fourth-order valence-electron chi connectivity index (χ4n) is 1.46.